The maximum absolute atomic E-state index is 10.7. The van der Waals surface area contributed by atoms with Crippen LogP contribution in [-0.4, -0.2) is 28.7 Å². The van der Waals surface area contributed by atoms with Crippen LogP contribution in [0.4, 0.5) is 0 Å². The Hall–Kier alpha value is 0.946. The van der Waals surface area contributed by atoms with Gasteiger partial charge in [0.25, 0.3) is 0 Å². The first-order valence-electron chi connectivity index (χ1n) is 2.31. The van der Waals surface area contributed by atoms with Crippen LogP contribution in [0.15, 0.2) is 12.2 Å². The average molecular weight is 203 g/mol. The Bertz CT molecular complexity index is 85.5. The van der Waals surface area contributed by atoms with Crippen LogP contribution in [0.25, 0.3) is 0 Å². The predicted molar refractivity (Wildman–Crippen MR) is 34.6 cm³/mol. The van der Waals surface area contributed by atoms with Crippen LogP contribution < -0.4 is 22.1 Å². The summed E-state index contributed by atoms with van der Waals surface area (Å²) < 4.78 is 0. The van der Waals surface area contributed by atoms with Gasteiger partial charge in [0.05, 0.1) is 0 Å². The van der Waals surface area contributed by atoms with Gasteiger partial charge in [-0.2, -0.15) is 0 Å². The Morgan fingerprint density at radius 1 is 1.44 bits per heavy atom. The van der Waals surface area contributed by atoms with Gasteiger partial charge in [-0.05, 0) is 6.92 Å². The van der Waals surface area contributed by atoms with E-state index in [0.29, 0.717) is 5.57 Å². The largest absolute Gasteiger partial charge is 2.00 e. The Labute approximate surface area is 83.5 Å². The minimum atomic E-state index is -0.944. The first kappa shape index (κ1) is 16.5. The standard InChI is InChI=1S/C6H11O.BrH.Mg/c1-5(2)6(3,4)7;;/h1H2,2-4H3;1H;/q-1;;+2/p-1. The van der Waals surface area contributed by atoms with Crippen molar-refractivity contribution in [3.63, 3.8) is 0 Å². The van der Waals surface area contributed by atoms with Crippen molar-refractivity contribution < 1.29 is 22.1 Å². The molecule has 9 heavy (non-hydrogen) atoms. The molecule has 0 radical (unpaired) electrons. The number of hydrogen-bond donors (Lipinski definition) is 0. The van der Waals surface area contributed by atoms with Crippen molar-refractivity contribution in [1.82, 2.24) is 0 Å². The molecule has 50 valence electrons. The van der Waals surface area contributed by atoms with Crippen molar-refractivity contribution >= 4 is 23.1 Å². The molecule has 0 aliphatic carbocycles. The Kier molecular flexibility index (Phi) is 10.5. The van der Waals surface area contributed by atoms with E-state index < -0.39 is 5.60 Å². The second-order valence-corrected chi connectivity index (χ2v) is 2.29. The molecule has 0 rings (SSSR count). The monoisotopic (exact) mass is 202 g/mol. The van der Waals surface area contributed by atoms with E-state index in [0.717, 1.165) is 0 Å². The molecule has 0 aromatic rings. The van der Waals surface area contributed by atoms with Crippen LogP contribution in [0.5, 0.6) is 0 Å². The molecule has 0 aliphatic heterocycles. The molecule has 0 aromatic carbocycles. The van der Waals surface area contributed by atoms with Crippen LogP contribution >= 0.6 is 0 Å². The average Bonchev–Trinajstić information content (AvgIpc) is 1.31. The third kappa shape index (κ3) is 8.95. The van der Waals surface area contributed by atoms with Crippen molar-refractivity contribution in [1.29, 1.82) is 0 Å². The molecule has 0 saturated carbocycles. The topological polar surface area (TPSA) is 23.1 Å². The van der Waals surface area contributed by atoms with Crippen LogP contribution in [0, 0.1) is 0 Å². The van der Waals surface area contributed by atoms with Gasteiger partial charge in [0.15, 0.2) is 0 Å². The molecule has 0 spiro atoms. The van der Waals surface area contributed by atoms with Crippen molar-refractivity contribution in [2.75, 3.05) is 0 Å². The summed E-state index contributed by atoms with van der Waals surface area (Å²) in [6.45, 7) is 8.47. The van der Waals surface area contributed by atoms with E-state index >= 15 is 0 Å². The molecule has 1 nitrogen and oxygen atoms in total. The predicted octanol–water partition coefficient (Wildman–Crippen LogP) is -2.68. The third-order valence-electron chi connectivity index (χ3n) is 1.03. The van der Waals surface area contributed by atoms with E-state index in [1.807, 2.05) is 0 Å². The first-order chi connectivity index (χ1) is 2.94. The van der Waals surface area contributed by atoms with Gasteiger partial charge in [-0.3, -0.25) is 0 Å². The van der Waals surface area contributed by atoms with Crippen LogP contribution in [-0.2, 0) is 0 Å². The van der Waals surface area contributed by atoms with Gasteiger partial charge < -0.3 is 22.1 Å². The maximum atomic E-state index is 10.7. The van der Waals surface area contributed by atoms with E-state index in [2.05, 4.69) is 6.58 Å². The van der Waals surface area contributed by atoms with Gasteiger partial charge >= 0.3 is 23.1 Å². The summed E-state index contributed by atoms with van der Waals surface area (Å²) in [6.07, 6.45) is 0. The minimum Gasteiger partial charge on any atom is -1.00 e. The number of hydrogen-bond acceptors (Lipinski definition) is 1. The van der Waals surface area contributed by atoms with Gasteiger partial charge in [0.1, 0.15) is 0 Å². The third-order valence-corrected chi connectivity index (χ3v) is 1.03. The van der Waals surface area contributed by atoms with E-state index in [-0.39, 0.29) is 40.0 Å². The summed E-state index contributed by atoms with van der Waals surface area (Å²) in [4.78, 5) is 0. The van der Waals surface area contributed by atoms with E-state index in [1.54, 1.807) is 20.8 Å². The van der Waals surface area contributed by atoms with Crippen LogP contribution in [0.3, 0.4) is 0 Å². The fourth-order valence-corrected chi connectivity index (χ4v) is 0. The molecule has 0 heterocycles. The van der Waals surface area contributed by atoms with Gasteiger partial charge in [-0.1, -0.05) is 25.0 Å². The number of rotatable bonds is 1. The molecule has 0 bridgehead atoms. The van der Waals surface area contributed by atoms with Gasteiger partial charge in [0, 0.05) is 0 Å². The van der Waals surface area contributed by atoms with Crippen LogP contribution in [0.1, 0.15) is 20.8 Å². The molecule has 0 amide bonds. The van der Waals surface area contributed by atoms with Crippen molar-refractivity contribution in [3.8, 4) is 0 Å². The number of halogens is 1. The van der Waals surface area contributed by atoms with Crippen LogP contribution in [0.2, 0.25) is 0 Å². The van der Waals surface area contributed by atoms with Gasteiger partial charge in [-0.25, -0.2) is 0 Å². The minimum absolute atomic E-state index is 0. The molecule has 0 unspecified atom stereocenters. The van der Waals surface area contributed by atoms with Crippen molar-refractivity contribution in [3.05, 3.63) is 12.2 Å². The molecule has 0 aromatic heterocycles. The second kappa shape index (κ2) is 5.71. The summed E-state index contributed by atoms with van der Waals surface area (Å²) in [7, 11) is 0. The fourth-order valence-electron chi connectivity index (χ4n) is 0. The molecular formula is C6H11BrMgO. The van der Waals surface area contributed by atoms with Crippen molar-refractivity contribution in [2.45, 2.75) is 26.4 Å². The van der Waals surface area contributed by atoms with E-state index in [4.69, 9.17) is 0 Å². The Morgan fingerprint density at radius 2 is 1.56 bits per heavy atom. The van der Waals surface area contributed by atoms with Gasteiger partial charge in [0.2, 0.25) is 0 Å². The SMILES string of the molecule is C=C(C)C(C)(C)[O-].[Br-].[Mg+2]. The molecule has 0 N–H and O–H groups in total. The van der Waals surface area contributed by atoms with E-state index in [9.17, 15) is 5.11 Å². The fraction of sp³-hybridized carbons (Fsp3) is 0.667. The normalized spacial score (nSPS) is 8.89. The first-order valence-corrected chi connectivity index (χ1v) is 2.31. The summed E-state index contributed by atoms with van der Waals surface area (Å²) in [5.41, 5.74) is -0.257. The summed E-state index contributed by atoms with van der Waals surface area (Å²) in [5.74, 6) is 0. The summed E-state index contributed by atoms with van der Waals surface area (Å²) >= 11 is 0. The Morgan fingerprint density at radius 3 is 1.56 bits per heavy atom. The molecule has 0 aliphatic rings. The zero-order valence-corrected chi connectivity index (χ0v) is 9.20. The Balaban J connectivity index is -0.000000180. The maximum Gasteiger partial charge on any atom is 2.00 e. The molecule has 3 heteroatoms. The zero-order valence-electron chi connectivity index (χ0n) is 6.20. The van der Waals surface area contributed by atoms with E-state index in [1.165, 1.54) is 0 Å². The van der Waals surface area contributed by atoms with Gasteiger partial charge in [-0.15, -0.1) is 6.58 Å². The zero-order chi connectivity index (χ0) is 6.08. The molecule has 0 fully saturated rings. The summed E-state index contributed by atoms with van der Waals surface area (Å²) in [6, 6.07) is 0. The molecule has 0 saturated heterocycles. The quantitative estimate of drug-likeness (QED) is 0.337. The molecular weight excluding hydrogens is 192 g/mol. The van der Waals surface area contributed by atoms with Crippen molar-refractivity contribution in [2.24, 2.45) is 0 Å². The second-order valence-electron chi connectivity index (χ2n) is 2.29. The summed E-state index contributed by atoms with van der Waals surface area (Å²) in [5, 5.41) is 10.7. The smallest absolute Gasteiger partial charge is 1.00 e. The molecule has 0 atom stereocenters.